The number of aromatic nitrogens is 4. The van der Waals surface area contributed by atoms with Crippen molar-refractivity contribution < 1.29 is 4.79 Å². The maximum atomic E-state index is 12.6. The third-order valence-corrected chi connectivity index (χ3v) is 6.33. The Balaban J connectivity index is 1.39. The Kier molecular flexibility index (Phi) is 5.03. The van der Waals surface area contributed by atoms with Gasteiger partial charge in [0.1, 0.15) is 0 Å². The van der Waals surface area contributed by atoms with Crippen LogP contribution in [0.4, 0.5) is 5.69 Å². The van der Waals surface area contributed by atoms with Crippen LogP contribution in [0.25, 0.3) is 0 Å². The second-order valence-corrected chi connectivity index (χ2v) is 8.63. The van der Waals surface area contributed by atoms with Crippen LogP contribution in [0.3, 0.4) is 0 Å². The van der Waals surface area contributed by atoms with Gasteiger partial charge in [0, 0.05) is 10.6 Å². The Labute approximate surface area is 160 Å². The summed E-state index contributed by atoms with van der Waals surface area (Å²) in [5.74, 6) is -0.0429. The summed E-state index contributed by atoms with van der Waals surface area (Å²) < 4.78 is 1.73. The first-order valence-electron chi connectivity index (χ1n) is 8.57. The van der Waals surface area contributed by atoms with Crippen LogP contribution in [-0.4, -0.2) is 31.4 Å². The molecule has 1 aliphatic carbocycles. The van der Waals surface area contributed by atoms with Gasteiger partial charge in [-0.25, -0.2) is 4.68 Å². The molecule has 0 radical (unpaired) electrons. The quantitative estimate of drug-likeness (QED) is 0.659. The molecule has 1 aromatic carbocycles. The zero-order valence-electron chi connectivity index (χ0n) is 14.4. The van der Waals surface area contributed by atoms with Crippen molar-refractivity contribution in [2.45, 2.75) is 43.1 Å². The summed E-state index contributed by atoms with van der Waals surface area (Å²) in [6.07, 6.45) is 3.44. The molecule has 4 rings (SSSR count). The molecule has 1 atom stereocenters. The molecule has 0 fully saturated rings. The lowest BCUT2D eigenvalue weighted by Crippen LogP contribution is -2.23. The van der Waals surface area contributed by atoms with Crippen LogP contribution in [0.15, 0.2) is 40.9 Å². The van der Waals surface area contributed by atoms with Crippen molar-refractivity contribution in [1.82, 2.24) is 20.2 Å². The SMILES string of the molecule is CC(Sc1nnnn1Cc1cccs1)C(=O)Nc1ccc2c(c1)CCC2. The number of carbonyl (C=O) groups is 1. The number of thiophene rings is 1. The predicted octanol–water partition coefficient (Wildman–Crippen LogP) is 3.39. The normalized spacial score (nSPS) is 14.2. The summed E-state index contributed by atoms with van der Waals surface area (Å²) in [4.78, 5) is 13.7. The lowest BCUT2D eigenvalue weighted by Gasteiger charge is -2.12. The molecule has 1 unspecified atom stereocenters. The van der Waals surface area contributed by atoms with Gasteiger partial charge in [-0.1, -0.05) is 23.9 Å². The maximum absolute atomic E-state index is 12.6. The highest BCUT2D eigenvalue weighted by Gasteiger charge is 2.20. The van der Waals surface area contributed by atoms with Crippen molar-refractivity contribution in [3.63, 3.8) is 0 Å². The van der Waals surface area contributed by atoms with Gasteiger partial charge in [0.25, 0.3) is 0 Å². The second-order valence-electron chi connectivity index (χ2n) is 6.28. The molecule has 1 aliphatic rings. The van der Waals surface area contributed by atoms with Gasteiger partial charge in [-0.2, -0.15) is 0 Å². The maximum Gasteiger partial charge on any atom is 0.237 e. The molecule has 6 nitrogen and oxygen atoms in total. The summed E-state index contributed by atoms with van der Waals surface area (Å²) in [6, 6.07) is 10.3. The van der Waals surface area contributed by atoms with Crippen LogP contribution in [0, 0.1) is 0 Å². The van der Waals surface area contributed by atoms with Crippen molar-refractivity contribution in [1.29, 1.82) is 0 Å². The van der Waals surface area contributed by atoms with Gasteiger partial charge in [-0.3, -0.25) is 4.79 Å². The van der Waals surface area contributed by atoms with Gasteiger partial charge in [0.15, 0.2) is 0 Å². The number of amides is 1. The van der Waals surface area contributed by atoms with Crippen LogP contribution >= 0.6 is 23.1 Å². The summed E-state index contributed by atoms with van der Waals surface area (Å²) >= 11 is 3.03. The highest BCUT2D eigenvalue weighted by atomic mass is 32.2. The van der Waals surface area contributed by atoms with E-state index in [0.717, 1.165) is 18.5 Å². The third-order valence-electron chi connectivity index (χ3n) is 4.40. The standard InChI is InChI=1S/C18H19N5OS2/c1-12(17(24)19-15-8-7-13-4-2-5-14(13)10-15)26-18-20-21-22-23(18)11-16-6-3-9-25-16/h3,6-10,12H,2,4-5,11H2,1H3,(H,19,24). The topological polar surface area (TPSA) is 72.7 Å². The molecule has 134 valence electrons. The zero-order valence-corrected chi connectivity index (χ0v) is 16.0. The average Bonchev–Trinajstić information content (AvgIpc) is 3.37. The van der Waals surface area contributed by atoms with Crippen molar-refractivity contribution >= 4 is 34.7 Å². The zero-order chi connectivity index (χ0) is 17.9. The van der Waals surface area contributed by atoms with Crippen LogP contribution in [0.2, 0.25) is 0 Å². The van der Waals surface area contributed by atoms with Gasteiger partial charge in [0.05, 0.1) is 11.8 Å². The summed E-state index contributed by atoms with van der Waals surface area (Å²) in [5, 5.41) is 17.2. The highest BCUT2D eigenvalue weighted by Crippen LogP contribution is 2.26. The number of hydrogen-bond donors (Lipinski definition) is 1. The van der Waals surface area contributed by atoms with E-state index in [2.05, 4.69) is 33.0 Å². The minimum Gasteiger partial charge on any atom is -0.325 e. The lowest BCUT2D eigenvalue weighted by atomic mass is 10.1. The molecule has 0 bridgehead atoms. The van der Waals surface area contributed by atoms with Crippen molar-refractivity contribution in [2.24, 2.45) is 0 Å². The smallest absolute Gasteiger partial charge is 0.237 e. The van der Waals surface area contributed by atoms with E-state index < -0.39 is 0 Å². The third kappa shape index (κ3) is 3.81. The van der Waals surface area contributed by atoms with Gasteiger partial charge < -0.3 is 5.32 Å². The van der Waals surface area contributed by atoms with Gasteiger partial charge in [-0.15, -0.1) is 16.4 Å². The van der Waals surface area contributed by atoms with Gasteiger partial charge in [-0.05, 0) is 71.3 Å². The van der Waals surface area contributed by atoms with Crippen LogP contribution in [-0.2, 0) is 24.2 Å². The molecule has 2 heterocycles. The van der Waals surface area contributed by atoms with Crippen LogP contribution in [0.1, 0.15) is 29.3 Å². The van der Waals surface area contributed by atoms with Crippen LogP contribution in [0.5, 0.6) is 0 Å². The fourth-order valence-electron chi connectivity index (χ4n) is 3.04. The number of tetrazole rings is 1. The number of nitrogens with zero attached hydrogens (tertiary/aromatic N) is 4. The first-order valence-corrected chi connectivity index (χ1v) is 10.3. The summed E-state index contributed by atoms with van der Waals surface area (Å²) in [5.41, 5.74) is 3.61. The number of fused-ring (bicyclic) bond motifs is 1. The van der Waals surface area contributed by atoms with Gasteiger partial charge >= 0.3 is 0 Å². The van der Waals surface area contributed by atoms with E-state index >= 15 is 0 Å². The number of thioether (sulfide) groups is 1. The second kappa shape index (κ2) is 7.59. The van der Waals surface area contributed by atoms with E-state index in [4.69, 9.17) is 0 Å². The van der Waals surface area contributed by atoms with E-state index in [9.17, 15) is 4.79 Å². The molecule has 1 amide bonds. The predicted molar refractivity (Wildman–Crippen MR) is 104 cm³/mol. The summed E-state index contributed by atoms with van der Waals surface area (Å²) in [7, 11) is 0. The van der Waals surface area contributed by atoms with Crippen molar-refractivity contribution in [2.75, 3.05) is 5.32 Å². The highest BCUT2D eigenvalue weighted by molar-refractivity contribution is 8.00. The fraction of sp³-hybridized carbons (Fsp3) is 0.333. The summed E-state index contributed by atoms with van der Waals surface area (Å²) in [6.45, 7) is 2.49. The van der Waals surface area contributed by atoms with E-state index in [1.54, 1.807) is 16.0 Å². The van der Waals surface area contributed by atoms with Crippen molar-refractivity contribution in [3.05, 3.63) is 51.7 Å². The molecule has 1 N–H and O–H groups in total. The lowest BCUT2D eigenvalue weighted by molar-refractivity contribution is -0.115. The Hall–Kier alpha value is -2.19. The Morgan fingerprint density at radius 1 is 1.35 bits per heavy atom. The number of rotatable bonds is 6. The average molecular weight is 386 g/mol. The first-order chi connectivity index (χ1) is 12.7. The molecule has 0 spiro atoms. The molecular formula is C18H19N5OS2. The Morgan fingerprint density at radius 3 is 3.08 bits per heavy atom. The van der Waals surface area contributed by atoms with Gasteiger partial charge in [0.2, 0.25) is 11.1 Å². The van der Waals surface area contributed by atoms with Crippen LogP contribution < -0.4 is 5.32 Å². The number of hydrogen-bond acceptors (Lipinski definition) is 6. The van der Waals surface area contributed by atoms with E-state index in [-0.39, 0.29) is 11.2 Å². The number of anilines is 1. The molecule has 3 aromatic rings. The molecule has 2 aromatic heterocycles. The minimum atomic E-state index is -0.295. The van der Waals surface area contributed by atoms with E-state index in [0.29, 0.717) is 11.7 Å². The van der Waals surface area contributed by atoms with E-state index in [1.807, 2.05) is 30.5 Å². The molecule has 26 heavy (non-hydrogen) atoms. The Morgan fingerprint density at radius 2 is 2.23 bits per heavy atom. The number of benzene rings is 1. The largest absolute Gasteiger partial charge is 0.325 e. The Bertz CT molecular complexity index is 906. The molecule has 0 aliphatic heterocycles. The number of aryl methyl sites for hydroxylation is 2. The molecular weight excluding hydrogens is 366 g/mol. The van der Waals surface area contributed by atoms with Crippen molar-refractivity contribution in [3.8, 4) is 0 Å². The fourth-order valence-corrected chi connectivity index (χ4v) is 4.51. The minimum absolute atomic E-state index is 0.0429. The molecule has 8 heteroatoms. The number of carbonyl (C=O) groups excluding carboxylic acids is 1. The first kappa shape index (κ1) is 17.2. The number of nitrogens with one attached hydrogen (secondary N) is 1. The monoisotopic (exact) mass is 385 g/mol. The molecule has 0 saturated heterocycles. The molecule has 0 saturated carbocycles. The van der Waals surface area contributed by atoms with E-state index in [1.165, 1.54) is 34.2 Å².